The van der Waals surface area contributed by atoms with Crippen LogP contribution in [0.3, 0.4) is 0 Å². The van der Waals surface area contributed by atoms with E-state index in [1.54, 1.807) is 17.2 Å². The van der Waals surface area contributed by atoms with E-state index in [9.17, 15) is 24.8 Å². The van der Waals surface area contributed by atoms with Gasteiger partial charge >= 0.3 is 5.63 Å². The van der Waals surface area contributed by atoms with Gasteiger partial charge < -0.3 is 28.7 Å². The van der Waals surface area contributed by atoms with E-state index in [1.165, 1.54) is 10.6 Å². The van der Waals surface area contributed by atoms with Crippen LogP contribution in [0, 0.1) is 31.9 Å². The molecule has 0 aliphatic carbocycles. The third-order valence-corrected chi connectivity index (χ3v) is 8.01. The van der Waals surface area contributed by atoms with Gasteiger partial charge in [-0.05, 0) is 62.4 Å². The first-order valence-corrected chi connectivity index (χ1v) is 12.2. The summed E-state index contributed by atoms with van der Waals surface area (Å²) in [7, 11) is 0. The second-order valence-electron chi connectivity index (χ2n) is 10.3. The van der Waals surface area contributed by atoms with E-state index >= 15 is 0 Å². The van der Waals surface area contributed by atoms with Crippen LogP contribution in [0.2, 0.25) is 0 Å². The lowest BCUT2D eigenvalue weighted by Crippen LogP contribution is -2.50. The Bertz CT molecular complexity index is 1710. The van der Waals surface area contributed by atoms with E-state index in [0.717, 1.165) is 39.6 Å². The molecule has 6 rings (SSSR count). The largest absolute Gasteiger partial charge is 0.733 e. The van der Waals surface area contributed by atoms with Crippen molar-refractivity contribution >= 4 is 33.5 Å². The van der Waals surface area contributed by atoms with Gasteiger partial charge in [0.15, 0.2) is 0 Å². The van der Waals surface area contributed by atoms with E-state index in [2.05, 4.69) is 0 Å². The fraction of sp³-hybridized carbons (Fsp3) is 0.370. The fourth-order valence-corrected chi connectivity index (χ4v) is 6.07. The van der Waals surface area contributed by atoms with Crippen LogP contribution in [-0.4, -0.2) is 33.7 Å². The summed E-state index contributed by atoms with van der Waals surface area (Å²) in [6, 6.07) is 4.93. The van der Waals surface area contributed by atoms with Crippen LogP contribution in [0.5, 0.6) is 0 Å². The van der Waals surface area contributed by atoms with Crippen molar-refractivity contribution in [2.45, 2.75) is 46.1 Å². The second kappa shape index (κ2) is 8.32. The summed E-state index contributed by atoms with van der Waals surface area (Å²) in [5, 5.41) is 21.8. The Labute approximate surface area is 210 Å². The number of likely N-dealkylation sites (tertiary alicyclic amines) is 1. The number of amides is 1. The Morgan fingerprint density at radius 2 is 1.89 bits per heavy atom. The van der Waals surface area contributed by atoms with Crippen LogP contribution in [-0.2, 0) is 17.8 Å². The van der Waals surface area contributed by atoms with Crippen molar-refractivity contribution in [2.75, 3.05) is 18.3 Å². The summed E-state index contributed by atoms with van der Waals surface area (Å²) in [5.74, 6) is -0.225. The van der Waals surface area contributed by atoms with Crippen molar-refractivity contribution < 1.29 is 18.8 Å². The zero-order valence-electron chi connectivity index (χ0n) is 20.7. The molecule has 0 radical (unpaired) electrons. The lowest BCUT2D eigenvalue weighted by molar-refractivity contribution is -0.133. The van der Waals surface area contributed by atoms with Crippen molar-refractivity contribution in [3.63, 3.8) is 0 Å². The number of furan rings is 1. The number of fused-ring (bicyclic) bond motifs is 6. The van der Waals surface area contributed by atoms with Gasteiger partial charge in [-0.15, -0.1) is 0 Å². The Balaban J connectivity index is 1.31. The maximum absolute atomic E-state index is 13.4. The molecule has 2 aliphatic rings. The van der Waals surface area contributed by atoms with Crippen LogP contribution < -0.4 is 16.4 Å². The van der Waals surface area contributed by atoms with E-state index < -0.39 is 16.4 Å². The minimum Gasteiger partial charge on any atom is -0.733 e. The molecule has 10 nitrogen and oxygen atoms in total. The Hall–Kier alpha value is -3.89. The molecule has 5 heterocycles. The van der Waals surface area contributed by atoms with E-state index in [0.29, 0.717) is 36.4 Å². The topological polar surface area (TPSA) is 132 Å². The Kier molecular flexibility index (Phi) is 5.29. The molecule has 0 spiro atoms. The summed E-state index contributed by atoms with van der Waals surface area (Å²) in [6.45, 7) is 6.85. The van der Waals surface area contributed by atoms with Gasteiger partial charge in [-0.1, -0.05) is 0 Å². The van der Waals surface area contributed by atoms with Crippen molar-refractivity contribution in [3.8, 4) is 0 Å². The van der Waals surface area contributed by atoms with Crippen LogP contribution in [0.25, 0.3) is 21.9 Å². The molecule has 1 aromatic carbocycles. The molecular formula is C27H26N3O7-. The zero-order chi connectivity index (χ0) is 26.2. The van der Waals surface area contributed by atoms with Crippen LogP contribution in [0.15, 0.2) is 42.9 Å². The summed E-state index contributed by atoms with van der Waals surface area (Å²) >= 11 is 0. The minimum atomic E-state index is -0.536. The number of hydrogen-bond acceptors (Lipinski definition) is 8. The van der Waals surface area contributed by atoms with Gasteiger partial charge in [0.2, 0.25) is 5.91 Å². The maximum atomic E-state index is 13.4. The van der Waals surface area contributed by atoms with E-state index in [1.807, 2.05) is 26.8 Å². The second-order valence-corrected chi connectivity index (χ2v) is 10.3. The number of hydrogen-bond donors (Lipinski definition) is 1. The number of aromatic nitrogens is 1. The SMILES string of the molecule is Cc1coc2c(C)c3oc(=O)c(CC(=O)N4CC5CC(C4)c4ccc(N([O-])O)c(=O)n4C5)c(C)c3cc12. The molecule has 1 fully saturated rings. The van der Waals surface area contributed by atoms with E-state index in [4.69, 9.17) is 8.83 Å². The zero-order valence-corrected chi connectivity index (χ0v) is 20.7. The first kappa shape index (κ1) is 23.5. The molecule has 2 bridgehead atoms. The highest BCUT2D eigenvalue weighted by Crippen LogP contribution is 2.36. The number of rotatable bonds is 3. The molecule has 2 atom stereocenters. The first-order chi connectivity index (χ1) is 17.6. The standard InChI is InChI=1S/C27H26N3O7/c1-13-12-36-24-15(3)25-19(7-18(13)24)14(2)20(27(33)37-25)8-23(31)28-9-16-6-17(11-28)21-4-5-22(30(34)35)26(32)29(21)10-16/h4-5,7,12,16-17,34H,6,8-11H2,1-3H3/q-1. The molecule has 1 N–H and O–H groups in total. The number of carbonyl (C=O) groups is 1. The van der Waals surface area contributed by atoms with Gasteiger partial charge in [0.25, 0.3) is 5.56 Å². The molecule has 2 aliphatic heterocycles. The molecule has 1 saturated heterocycles. The highest BCUT2D eigenvalue weighted by atomic mass is 16.8. The maximum Gasteiger partial charge on any atom is 0.340 e. The Morgan fingerprint density at radius 3 is 2.65 bits per heavy atom. The number of anilines is 1. The first-order valence-electron chi connectivity index (χ1n) is 12.2. The Morgan fingerprint density at radius 1 is 1.11 bits per heavy atom. The quantitative estimate of drug-likeness (QED) is 0.331. The number of piperidine rings is 1. The monoisotopic (exact) mass is 504 g/mol. The predicted molar refractivity (Wildman–Crippen MR) is 136 cm³/mol. The molecular weight excluding hydrogens is 478 g/mol. The van der Waals surface area contributed by atoms with Crippen molar-refractivity contribution in [1.29, 1.82) is 0 Å². The van der Waals surface area contributed by atoms with Gasteiger partial charge in [-0.25, -0.2) is 4.79 Å². The normalized spacial score (nSPS) is 18.9. The van der Waals surface area contributed by atoms with Gasteiger partial charge in [0.1, 0.15) is 16.9 Å². The molecule has 10 heteroatoms. The summed E-state index contributed by atoms with van der Waals surface area (Å²) < 4.78 is 12.9. The highest BCUT2D eigenvalue weighted by molar-refractivity contribution is 6.00. The fourth-order valence-electron chi connectivity index (χ4n) is 6.07. The number of nitrogens with zero attached hydrogens (tertiary/aromatic N) is 3. The third kappa shape index (κ3) is 3.59. The summed E-state index contributed by atoms with van der Waals surface area (Å²) in [4.78, 5) is 40.8. The molecule has 37 heavy (non-hydrogen) atoms. The smallest absolute Gasteiger partial charge is 0.340 e. The highest BCUT2D eigenvalue weighted by Gasteiger charge is 2.37. The summed E-state index contributed by atoms with van der Waals surface area (Å²) in [6.07, 6.45) is 2.42. The molecule has 2 unspecified atom stereocenters. The average molecular weight is 505 g/mol. The molecule has 3 aromatic heterocycles. The number of carbonyl (C=O) groups excluding carboxylic acids is 1. The van der Waals surface area contributed by atoms with Gasteiger partial charge in [0, 0.05) is 47.6 Å². The number of pyridine rings is 1. The third-order valence-electron chi connectivity index (χ3n) is 8.01. The lowest BCUT2D eigenvalue weighted by atomic mass is 9.83. The molecule has 192 valence electrons. The predicted octanol–water partition coefficient (Wildman–Crippen LogP) is 3.51. The number of aryl methyl sites for hydroxylation is 3. The van der Waals surface area contributed by atoms with Crippen LogP contribution in [0.4, 0.5) is 5.69 Å². The molecule has 1 amide bonds. The minimum absolute atomic E-state index is 0.0241. The molecule has 0 saturated carbocycles. The van der Waals surface area contributed by atoms with Crippen LogP contribution >= 0.6 is 0 Å². The lowest BCUT2D eigenvalue weighted by Gasteiger charge is -2.43. The van der Waals surface area contributed by atoms with Crippen molar-refractivity contribution in [2.24, 2.45) is 5.92 Å². The van der Waals surface area contributed by atoms with Gasteiger partial charge in [-0.2, -0.15) is 0 Å². The van der Waals surface area contributed by atoms with Crippen LogP contribution in [0.1, 0.15) is 40.3 Å². The van der Waals surface area contributed by atoms with Gasteiger partial charge in [0.05, 0.1) is 18.2 Å². The number of benzene rings is 1. The molecule has 4 aromatic rings. The summed E-state index contributed by atoms with van der Waals surface area (Å²) in [5.41, 5.74) is 3.29. The van der Waals surface area contributed by atoms with Gasteiger partial charge in [-0.3, -0.25) is 14.8 Å². The average Bonchev–Trinajstić information content (AvgIpc) is 3.23. The van der Waals surface area contributed by atoms with E-state index in [-0.39, 0.29) is 29.9 Å². The van der Waals surface area contributed by atoms with Crippen molar-refractivity contribution in [1.82, 2.24) is 9.47 Å². The van der Waals surface area contributed by atoms with Crippen molar-refractivity contribution in [3.05, 3.63) is 78.4 Å².